The molecule has 3 nitrogen and oxygen atoms in total. The lowest BCUT2D eigenvalue weighted by Crippen LogP contribution is -2.48. The van der Waals surface area contributed by atoms with E-state index in [-0.39, 0.29) is 6.61 Å². The van der Waals surface area contributed by atoms with Crippen LogP contribution in [-0.2, 0) is 4.74 Å². The quantitative estimate of drug-likeness (QED) is 0.615. The van der Waals surface area contributed by atoms with Crippen LogP contribution in [0.3, 0.4) is 0 Å². The molecule has 0 aromatic carbocycles. The van der Waals surface area contributed by atoms with Crippen LogP contribution in [0.2, 0.25) is 0 Å². The smallest absolute Gasteiger partial charge is 0.0621 e. The van der Waals surface area contributed by atoms with Crippen molar-refractivity contribution in [1.29, 1.82) is 0 Å². The van der Waals surface area contributed by atoms with Gasteiger partial charge in [-0.15, -0.1) is 0 Å². The van der Waals surface area contributed by atoms with Gasteiger partial charge in [-0.05, 0) is 12.8 Å². The number of aliphatic hydroxyl groups is 1. The maximum Gasteiger partial charge on any atom is 0.0621 e. The monoisotopic (exact) mass is 159 g/mol. The lowest BCUT2D eigenvalue weighted by molar-refractivity contribution is 0.0369. The Kier molecular flexibility index (Phi) is 3.83. The van der Waals surface area contributed by atoms with Gasteiger partial charge in [-0.3, -0.25) is 0 Å². The zero-order valence-corrected chi connectivity index (χ0v) is 7.05. The van der Waals surface area contributed by atoms with Crippen molar-refractivity contribution in [1.82, 2.24) is 5.32 Å². The van der Waals surface area contributed by atoms with Gasteiger partial charge in [0.2, 0.25) is 0 Å². The molecule has 2 atom stereocenters. The van der Waals surface area contributed by atoms with Crippen LogP contribution in [0, 0.1) is 0 Å². The van der Waals surface area contributed by atoms with Crippen molar-refractivity contribution in [2.24, 2.45) is 0 Å². The number of morpholine rings is 1. The molecule has 0 saturated carbocycles. The normalized spacial score (nSPS) is 32.2. The number of ether oxygens (including phenoxy) is 1. The molecule has 0 radical (unpaired) electrons. The highest BCUT2D eigenvalue weighted by Crippen LogP contribution is 2.04. The predicted molar refractivity (Wildman–Crippen MR) is 43.5 cm³/mol. The Labute approximate surface area is 67.7 Å². The number of rotatable bonds is 3. The molecule has 2 N–H and O–H groups in total. The van der Waals surface area contributed by atoms with E-state index < -0.39 is 0 Å². The maximum atomic E-state index is 8.68. The molecular formula is C8H17NO2. The summed E-state index contributed by atoms with van der Waals surface area (Å²) in [6.45, 7) is 3.95. The fourth-order valence-corrected chi connectivity index (χ4v) is 1.34. The molecule has 1 fully saturated rings. The molecule has 0 aromatic heterocycles. The van der Waals surface area contributed by atoms with E-state index in [1.165, 1.54) is 0 Å². The van der Waals surface area contributed by atoms with Gasteiger partial charge < -0.3 is 15.2 Å². The van der Waals surface area contributed by atoms with Gasteiger partial charge in [0.15, 0.2) is 0 Å². The van der Waals surface area contributed by atoms with E-state index in [2.05, 4.69) is 12.2 Å². The highest BCUT2D eigenvalue weighted by atomic mass is 16.5. The molecular weight excluding hydrogens is 142 g/mol. The van der Waals surface area contributed by atoms with Crippen molar-refractivity contribution < 1.29 is 9.84 Å². The first-order valence-electron chi connectivity index (χ1n) is 4.31. The highest BCUT2D eigenvalue weighted by Gasteiger charge is 2.18. The van der Waals surface area contributed by atoms with Gasteiger partial charge in [0.05, 0.1) is 13.2 Å². The molecule has 11 heavy (non-hydrogen) atoms. The third-order valence-corrected chi connectivity index (χ3v) is 2.08. The molecule has 1 aliphatic heterocycles. The zero-order chi connectivity index (χ0) is 8.10. The Morgan fingerprint density at radius 1 is 1.45 bits per heavy atom. The Balaban J connectivity index is 2.21. The SMILES string of the molecule is CCC1COCC(CCO)N1. The summed E-state index contributed by atoms with van der Waals surface area (Å²) in [5, 5.41) is 12.1. The molecule has 0 spiro atoms. The van der Waals surface area contributed by atoms with Gasteiger partial charge in [0.1, 0.15) is 0 Å². The van der Waals surface area contributed by atoms with Crippen molar-refractivity contribution >= 4 is 0 Å². The van der Waals surface area contributed by atoms with Gasteiger partial charge in [-0.1, -0.05) is 6.92 Å². The fourth-order valence-electron chi connectivity index (χ4n) is 1.34. The summed E-state index contributed by atoms with van der Waals surface area (Å²) in [6, 6.07) is 0.846. The van der Waals surface area contributed by atoms with E-state index >= 15 is 0 Å². The standard InChI is InChI=1S/C8H17NO2/c1-2-7-5-11-6-8(9-7)3-4-10/h7-10H,2-6H2,1H3. The minimum atomic E-state index is 0.247. The van der Waals surface area contributed by atoms with Crippen molar-refractivity contribution in [2.45, 2.75) is 31.8 Å². The first-order chi connectivity index (χ1) is 5.36. The second-order valence-corrected chi connectivity index (χ2v) is 3.02. The minimum absolute atomic E-state index is 0.247. The zero-order valence-electron chi connectivity index (χ0n) is 7.05. The molecule has 3 heteroatoms. The van der Waals surface area contributed by atoms with Gasteiger partial charge >= 0.3 is 0 Å². The first kappa shape index (κ1) is 8.97. The third kappa shape index (κ3) is 2.77. The second-order valence-electron chi connectivity index (χ2n) is 3.02. The molecule has 66 valence electrons. The Hall–Kier alpha value is -0.120. The second kappa shape index (κ2) is 4.70. The molecule has 0 bridgehead atoms. The van der Waals surface area contributed by atoms with Gasteiger partial charge in [0, 0.05) is 18.7 Å². The van der Waals surface area contributed by atoms with Gasteiger partial charge in [-0.25, -0.2) is 0 Å². The van der Waals surface area contributed by atoms with Crippen molar-refractivity contribution in [3.05, 3.63) is 0 Å². The summed E-state index contributed by atoms with van der Waals surface area (Å²) < 4.78 is 5.36. The molecule has 0 aromatic rings. The Morgan fingerprint density at radius 3 is 2.82 bits per heavy atom. The molecule has 1 rings (SSSR count). The number of nitrogens with one attached hydrogen (secondary N) is 1. The predicted octanol–water partition coefficient (Wildman–Crippen LogP) is 0.136. The summed E-state index contributed by atoms with van der Waals surface area (Å²) in [4.78, 5) is 0. The molecule has 1 heterocycles. The van der Waals surface area contributed by atoms with Crippen molar-refractivity contribution in [3.63, 3.8) is 0 Å². The molecule has 0 aliphatic carbocycles. The van der Waals surface area contributed by atoms with Crippen LogP contribution in [-0.4, -0.2) is 37.0 Å². The van der Waals surface area contributed by atoms with Crippen LogP contribution in [0.15, 0.2) is 0 Å². The van der Waals surface area contributed by atoms with E-state index in [0.29, 0.717) is 12.1 Å². The molecule has 2 unspecified atom stereocenters. The largest absolute Gasteiger partial charge is 0.396 e. The summed E-state index contributed by atoms with van der Waals surface area (Å²) in [6.07, 6.45) is 1.90. The van der Waals surface area contributed by atoms with Crippen LogP contribution < -0.4 is 5.32 Å². The minimum Gasteiger partial charge on any atom is -0.396 e. The van der Waals surface area contributed by atoms with E-state index in [1.54, 1.807) is 0 Å². The number of hydrogen-bond acceptors (Lipinski definition) is 3. The van der Waals surface area contributed by atoms with Crippen LogP contribution >= 0.6 is 0 Å². The lowest BCUT2D eigenvalue weighted by atomic mass is 10.1. The van der Waals surface area contributed by atoms with E-state index in [1.807, 2.05) is 0 Å². The van der Waals surface area contributed by atoms with Crippen LogP contribution in [0.5, 0.6) is 0 Å². The van der Waals surface area contributed by atoms with E-state index in [9.17, 15) is 0 Å². The first-order valence-corrected chi connectivity index (χ1v) is 4.31. The number of hydrogen-bond donors (Lipinski definition) is 2. The molecule has 0 amide bonds. The van der Waals surface area contributed by atoms with Gasteiger partial charge in [-0.2, -0.15) is 0 Å². The topological polar surface area (TPSA) is 41.5 Å². The number of aliphatic hydroxyl groups excluding tert-OH is 1. The Morgan fingerprint density at radius 2 is 2.18 bits per heavy atom. The Bertz CT molecular complexity index is 106. The molecule has 1 aliphatic rings. The van der Waals surface area contributed by atoms with E-state index in [0.717, 1.165) is 26.1 Å². The summed E-state index contributed by atoms with van der Waals surface area (Å²) in [7, 11) is 0. The molecule has 1 saturated heterocycles. The third-order valence-electron chi connectivity index (χ3n) is 2.08. The van der Waals surface area contributed by atoms with Crippen molar-refractivity contribution in [2.75, 3.05) is 19.8 Å². The van der Waals surface area contributed by atoms with Crippen LogP contribution in [0.4, 0.5) is 0 Å². The fraction of sp³-hybridized carbons (Fsp3) is 1.00. The van der Waals surface area contributed by atoms with Crippen molar-refractivity contribution in [3.8, 4) is 0 Å². The summed E-state index contributed by atoms with van der Waals surface area (Å²) in [5.41, 5.74) is 0. The van der Waals surface area contributed by atoms with Crippen LogP contribution in [0.1, 0.15) is 19.8 Å². The highest BCUT2D eigenvalue weighted by molar-refractivity contribution is 4.77. The van der Waals surface area contributed by atoms with E-state index in [4.69, 9.17) is 9.84 Å². The summed E-state index contributed by atoms with van der Waals surface area (Å²) >= 11 is 0. The van der Waals surface area contributed by atoms with Gasteiger partial charge in [0.25, 0.3) is 0 Å². The van der Waals surface area contributed by atoms with Crippen LogP contribution in [0.25, 0.3) is 0 Å². The average molecular weight is 159 g/mol. The average Bonchev–Trinajstić information content (AvgIpc) is 2.06. The lowest BCUT2D eigenvalue weighted by Gasteiger charge is -2.30. The summed E-state index contributed by atoms with van der Waals surface area (Å²) in [5.74, 6) is 0. The maximum absolute atomic E-state index is 8.68.